The first-order valence-electron chi connectivity index (χ1n) is 9.48. The number of primary amides is 1. The van der Waals surface area contributed by atoms with Crippen LogP contribution in [0, 0.1) is 17.8 Å². The quantitative estimate of drug-likeness (QED) is 0.560. The van der Waals surface area contributed by atoms with Gasteiger partial charge < -0.3 is 20.8 Å². The molecular weight excluding hydrogens is 390 g/mol. The third kappa shape index (κ3) is 2.93. The van der Waals surface area contributed by atoms with Gasteiger partial charge in [0, 0.05) is 11.6 Å². The van der Waals surface area contributed by atoms with Crippen molar-refractivity contribution in [3.63, 3.8) is 0 Å². The molecule has 2 aromatic heterocycles. The van der Waals surface area contributed by atoms with Crippen molar-refractivity contribution in [3.05, 3.63) is 47.6 Å². The lowest BCUT2D eigenvalue weighted by atomic mass is 9.88. The molecule has 1 amide bonds. The van der Waals surface area contributed by atoms with Gasteiger partial charge in [-0.1, -0.05) is 35.9 Å². The Balaban J connectivity index is 1.55. The number of halogens is 1. The van der Waals surface area contributed by atoms with Crippen LogP contribution in [0.25, 0.3) is 22.6 Å². The second kappa shape index (κ2) is 6.77. The molecule has 0 spiro atoms. The van der Waals surface area contributed by atoms with E-state index in [0.717, 1.165) is 17.7 Å². The number of amides is 1. The van der Waals surface area contributed by atoms with Gasteiger partial charge in [-0.25, -0.2) is 9.97 Å². The molecule has 0 saturated heterocycles. The van der Waals surface area contributed by atoms with Gasteiger partial charge in [-0.15, -0.1) is 0 Å². The lowest BCUT2D eigenvalue weighted by molar-refractivity contribution is -0.122. The van der Waals surface area contributed by atoms with Crippen molar-refractivity contribution in [2.45, 2.75) is 12.5 Å². The van der Waals surface area contributed by atoms with Crippen LogP contribution in [0.15, 0.2) is 42.6 Å². The Hall–Kier alpha value is -3.06. The smallest absolute Gasteiger partial charge is 0.223 e. The Morgan fingerprint density at radius 3 is 2.97 bits per heavy atom. The Labute approximate surface area is 172 Å². The average molecular weight is 410 g/mol. The van der Waals surface area contributed by atoms with E-state index in [1.165, 1.54) is 0 Å². The van der Waals surface area contributed by atoms with Crippen LogP contribution in [-0.2, 0) is 4.79 Å². The van der Waals surface area contributed by atoms with E-state index < -0.39 is 0 Å². The van der Waals surface area contributed by atoms with Gasteiger partial charge in [0.2, 0.25) is 5.91 Å². The highest BCUT2D eigenvalue weighted by molar-refractivity contribution is 6.34. The maximum absolute atomic E-state index is 12.1. The third-order valence-electron chi connectivity index (χ3n) is 5.92. The van der Waals surface area contributed by atoms with Crippen molar-refractivity contribution < 1.29 is 9.53 Å². The normalized spacial score (nSPS) is 24.9. The molecule has 29 heavy (non-hydrogen) atoms. The number of rotatable bonds is 5. The summed E-state index contributed by atoms with van der Waals surface area (Å²) in [7, 11) is 1.63. The minimum Gasteiger partial charge on any atom is -0.497 e. The molecule has 2 bridgehead atoms. The highest BCUT2D eigenvalue weighted by atomic mass is 35.5. The molecule has 1 saturated carbocycles. The maximum atomic E-state index is 12.1. The van der Waals surface area contributed by atoms with Crippen LogP contribution in [0.4, 0.5) is 5.69 Å². The molecule has 1 aromatic carbocycles. The molecule has 2 aliphatic carbocycles. The van der Waals surface area contributed by atoms with Crippen LogP contribution in [0.2, 0.25) is 5.02 Å². The van der Waals surface area contributed by atoms with E-state index in [1.54, 1.807) is 13.3 Å². The number of hydrogen-bond donors (Lipinski definition) is 3. The fourth-order valence-electron chi connectivity index (χ4n) is 4.56. The number of nitrogens with two attached hydrogens (primary N) is 1. The SMILES string of the molecule is COc1cccc(-c2nc3ncc(Cl)c(N[C@H]4[C@@H](C(N)=O)[C@@H]5C=C[C@@H]4C5)c3[nH]2)c1. The van der Waals surface area contributed by atoms with Crippen molar-refractivity contribution in [2.24, 2.45) is 23.5 Å². The number of carbonyl (C=O) groups excluding carboxylic acids is 1. The standard InChI is InChI=1S/C21H20ClN5O2/c1-29-13-4-2-3-12(8-13)20-26-18-17(14(22)9-24-21(18)27-20)25-16-11-6-5-10(7-11)15(16)19(23)28/h2-6,8-11,15-16H,7H2,1H3,(H2,23,28)(H2,24,25,26,27)/t10-,11-,15+,16-/m1/s1. The first-order chi connectivity index (χ1) is 14.0. The van der Waals surface area contributed by atoms with Gasteiger partial charge in [-0.2, -0.15) is 0 Å². The molecule has 1 fully saturated rings. The highest BCUT2D eigenvalue weighted by Crippen LogP contribution is 2.46. The van der Waals surface area contributed by atoms with E-state index in [4.69, 9.17) is 22.1 Å². The van der Waals surface area contributed by atoms with Crippen molar-refractivity contribution in [2.75, 3.05) is 12.4 Å². The number of ether oxygens (including phenoxy) is 1. The van der Waals surface area contributed by atoms with Crippen molar-refractivity contribution in [1.29, 1.82) is 0 Å². The van der Waals surface area contributed by atoms with Gasteiger partial charge in [0.15, 0.2) is 5.65 Å². The molecule has 2 heterocycles. The number of aromatic nitrogens is 3. The summed E-state index contributed by atoms with van der Waals surface area (Å²) in [5.41, 5.74) is 8.51. The summed E-state index contributed by atoms with van der Waals surface area (Å²) >= 11 is 6.49. The van der Waals surface area contributed by atoms with Crippen LogP contribution >= 0.6 is 11.6 Å². The second-order valence-electron chi connectivity index (χ2n) is 7.54. The number of carbonyl (C=O) groups is 1. The zero-order chi connectivity index (χ0) is 20.1. The van der Waals surface area contributed by atoms with Gasteiger partial charge in [0.25, 0.3) is 0 Å². The molecule has 3 aromatic rings. The van der Waals surface area contributed by atoms with E-state index in [9.17, 15) is 4.79 Å². The minimum absolute atomic E-state index is 0.103. The predicted octanol–water partition coefficient (Wildman–Crippen LogP) is 3.37. The maximum Gasteiger partial charge on any atom is 0.223 e. The van der Waals surface area contributed by atoms with E-state index in [2.05, 4.69) is 32.4 Å². The predicted molar refractivity (Wildman–Crippen MR) is 112 cm³/mol. The molecule has 4 N–H and O–H groups in total. The first kappa shape index (κ1) is 18.0. The number of aromatic amines is 1. The van der Waals surface area contributed by atoms with E-state index in [1.807, 2.05) is 24.3 Å². The molecule has 8 heteroatoms. The fourth-order valence-corrected chi connectivity index (χ4v) is 4.75. The molecule has 4 atom stereocenters. The highest BCUT2D eigenvalue weighted by Gasteiger charge is 2.47. The van der Waals surface area contributed by atoms with Crippen LogP contribution in [0.1, 0.15) is 6.42 Å². The van der Waals surface area contributed by atoms with Crippen LogP contribution in [-0.4, -0.2) is 34.0 Å². The summed E-state index contributed by atoms with van der Waals surface area (Å²) in [6.07, 6.45) is 6.75. The zero-order valence-electron chi connectivity index (χ0n) is 15.7. The molecular formula is C21H20ClN5O2. The fraction of sp³-hybridized carbons (Fsp3) is 0.286. The molecule has 7 nitrogen and oxygen atoms in total. The number of hydrogen-bond acceptors (Lipinski definition) is 5. The number of imidazole rings is 1. The summed E-state index contributed by atoms with van der Waals surface area (Å²) in [6, 6.07) is 7.52. The summed E-state index contributed by atoms with van der Waals surface area (Å²) in [5.74, 6) is 1.28. The monoisotopic (exact) mass is 409 g/mol. The summed E-state index contributed by atoms with van der Waals surface area (Å²) in [4.78, 5) is 24.4. The van der Waals surface area contributed by atoms with Crippen molar-refractivity contribution in [1.82, 2.24) is 15.0 Å². The Kier molecular flexibility index (Phi) is 4.20. The minimum atomic E-state index is -0.289. The molecule has 0 radical (unpaired) electrons. The molecule has 5 rings (SSSR count). The summed E-state index contributed by atoms with van der Waals surface area (Å²) in [6.45, 7) is 0. The van der Waals surface area contributed by atoms with Crippen molar-refractivity contribution >= 4 is 34.4 Å². The number of nitrogens with one attached hydrogen (secondary N) is 2. The zero-order valence-corrected chi connectivity index (χ0v) is 16.5. The van der Waals surface area contributed by atoms with Gasteiger partial charge in [-0.3, -0.25) is 4.79 Å². The third-order valence-corrected chi connectivity index (χ3v) is 6.20. The number of H-pyrrole nitrogens is 1. The van der Waals surface area contributed by atoms with Gasteiger partial charge in [0.05, 0.1) is 29.9 Å². The van der Waals surface area contributed by atoms with E-state index >= 15 is 0 Å². The number of allylic oxidation sites excluding steroid dienone is 1. The second-order valence-corrected chi connectivity index (χ2v) is 7.95. The summed E-state index contributed by atoms with van der Waals surface area (Å²) < 4.78 is 5.30. The lowest BCUT2D eigenvalue weighted by Crippen LogP contribution is -2.41. The Morgan fingerprint density at radius 1 is 1.34 bits per heavy atom. The Morgan fingerprint density at radius 2 is 2.17 bits per heavy atom. The number of methoxy groups -OCH3 is 1. The molecule has 0 unspecified atom stereocenters. The summed E-state index contributed by atoms with van der Waals surface area (Å²) in [5, 5.41) is 3.95. The number of nitrogens with zero attached hydrogens (tertiary/aromatic N) is 2. The number of anilines is 1. The molecule has 148 valence electrons. The number of fused-ring (bicyclic) bond motifs is 3. The largest absolute Gasteiger partial charge is 0.497 e. The van der Waals surface area contributed by atoms with E-state index in [0.29, 0.717) is 27.7 Å². The topological polar surface area (TPSA) is 106 Å². The van der Waals surface area contributed by atoms with Gasteiger partial charge >= 0.3 is 0 Å². The Bertz CT molecular complexity index is 1140. The number of benzene rings is 1. The lowest BCUT2D eigenvalue weighted by Gasteiger charge is -2.28. The van der Waals surface area contributed by atoms with Crippen LogP contribution < -0.4 is 15.8 Å². The number of pyridine rings is 1. The first-order valence-corrected chi connectivity index (χ1v) is 9.86. The van der Waals surface area contributed by atoms with Crippen LogP contribution in [0.5, 0.6) is 5.75 Å². The van der Waals surface area contributed by atoms with Gasteiger partial charge in [0.1, 0.15) is 17.1 Å². The molecule has 2 aliphatic rings. The van der Waals surface area contributed by atoms with E-state index in [-0.39, 0.29) is 29.7 Å². The molecule has 0 aliphatic heterocycles. The van der Waals surface area contributed by atoms with Crippen LogP contribution in [0.3, 0.4) is 0 Å². The van der Waals surface area contributed by atoms with Crippen molar-refractivity contribution in [3.8, 4) is 17.1 Å². The average Bonchev–Trinajstić information content (AvgIpc) is 3.44. The van der Waals surface area contributed by atoms with Gasteiger partial charge in [-0.05, 0) is 30.4 Å².